The van der Waals surface area contributed by atoms with E-state index in [2.05, 4.69) is 6.92 Å². The minimum absolute atomic E-state index is 0.235. The fourth-order valence-electron chi connectivity index (χ4n) is 1.95. The minimum Gasteiger partial charge on any atom is -0.454 e. The van der Waals surface area contributed by atoms with Gasteiger partial charge in [-0.05, 0) is 36.4 Å². The molecule has 0 radical (unpaired) electrons. The zero-order chi connectivity index (χ0) is 14.5. The molecule has 0 aliphatic heterocycles. The van der Waals surface area contributed by atoms with E-state index in [0.29, 0.717) is 17.9 Å². The van der Waals surface area contributed by atoms with Gasteiger partial charge in [-0.3, -0.25) is 0 Å². The Morgan fingerprint density at radius 1 is 1.15 bits per heavy atom. The largest absolute Gasteiger partial charge is 0.454 e. The summed E-state index contributed by atoms with van der Waals surface area (Å²) >= 11 is 1.70. The highest BCUT2D eigenvalue weighted by Crippen LogP contribution is 2.34. The molecule has 0 saturated heterocycles. The lowest BCUT2D eigenvalue weighted by atomic mass is 10.2. The summed E-state index contributed by atoms with van der Waals surface area (Å²) in [4.78, 5) is 1.08. The normalized spacial score (nSPS) is 10.6. The van der Waals surface area contributed by atoms with Crippen LogP contribution in [0.5, 0.6) is 11.5 Å². The lowest BCUT2D eigenvalue weighted by Gasteiger charge is -2.14. The van der Waals surface area contributed by atoms with Crippen LogP contribution in [-0.4, -0.2) is 5.75 Å². The van der Waals surface area contributed by atoms with Gasteiger partial charge in [-0.1, -0.05) is 25.1 Å². The maximum atomic E-state index is 14.0. The zero-order valence-corrected chi connectivity index (χ0v) is 12.5. The maximum absolute atomic E-state index is 14.0. The number of ether oxygens (including phenoxy) is 1. The Balaban J connectivity index is 2.38. The molecule has 0 saturated carbocycles. The predicted octanol–water partition coefficient (Wildman–Crippen LogP) is 4.50. The van der Waals surface area contributed by atoms with Gasteiger partial charge in [0, 0.05) is 17.0 Å². The first-order valence-corrected chi connectivity index (χ1v) is 7.53. The number of nitrogens with two attached hydrogens (primary N) is 1. The molecule has 2 N–H and O–H groups in total. The van der Waals surface area contributed by atoms with Gasteiger partial charge >= 0.3 is 0 Å². The van der Waals surface area contributed by atoms with Crippen molar-refractivity contribution in [2.45, 2.75) is 25.3 Å². The molecule has 4 heteroatoms. The van der Waals surface area contributed by atoms with Crippen LogP contribution in [0.25, 0.3) is 0 Å². The molecule has 0 fully saturated rings. The standard InChI is InChI=1S/C16H18FNOS/c1-3-20-15-9-5-7-13(12(15)10-18)19-14-8-4-6-11(2)16(14)17/h4-9H,3,10,18H2,1-2H3. The van der Waals surface area contributed by atoms with E-state index in [-0.39, 0.29) is 11.6 Å². The number of aryl methyl sites for hydroxylation is 1. The summed E-state index contributed by atoms with van der Waals surface area (Å²) < 4.78 is 19.7. The van der Waals surface area contributed by atoms with Crippen molar-refractivity contribution < 1.29 is 9.13 Å². The van der Waals surface area contributed by atoms with Crippen LogP contribution < -0.4 is 10.5 Å². The molecule has 0 aliphatic rings. The van der Waals surface area contributed by atoms with Crippen molar-refractivity contribution in [3.05, 3.63) is 53.3 Å². The molecule has 2 aromatic rings. The van der Waals surface area contributed by atoms with Gasteiger partial charge in [0.25, 0.3) is 0 Å². The van der Waals surface area contributed by atoms with E-state index in [1.165, 1.54) is 0 Å². The summed E-state index contributed by atoms with van der Waals surface area (Å²) in [5.41, 5.74) is 7.30. The Hall–Kier alpha value is -1.52. The van der Waals surface area contributed by atoms with Crippen molar-refractivity contribution in [1.29, 1.82) is 0 Å². The molecule has 0 aliphatic carbocycles. The van der Waals surface area contributed by atoms with Gasteiger partial charge in [0.15, 0.2) is 11.6 Å². The number of rotatable bonds is 5. The highest BCUT2D eigenvalue weighted by atomic mass is 32.2. The van der Waals surface area contributed by atoms with Crippen LogP contribution in [-0.2, 0) is 6.54 Å². The Labute approximate surface area is 123 Å². The van der Waals surface area contributed by atoms with E-state index >= 15 is 0 Å². The third kappa shape index (κ3) is 3.14. The molecule has 0 bridgehead atoms. The molecule has 0 unspecified atom stereocenters. The number of thioether (sulfide) groups is 1. The summed E-state index contributed by atoms with van der Waals surface area (Å²) in [7, 11) is 0. The Morgan fingerprint density at radius 2 is 1.85 bits per heavy atom. The molecule has 0 spiro atoms. The highest BCUT2D eigenvalue weighted by molar-refractivity contribution is 7.99. The molecule has 106 valence electrons. The number of benzene rings is 2. The zero-order valence-electron chi connectivity index (χ0n) is 11.7. The third-order valence-electron chi connectivity index (χ3n) is 2.97. The van der Waals surface area contributed by atoms with Crippen LogP contribution in [0, 0.1) is 12.7 Å². The van der Waals surface area contributed by atoms with Gasteiger partial charge in [0.2, 0.25) is 0 Å². The summed E-state index contributed by atoms with van der Waals surface area (Å²) in [5, 5.41) is 0. The highest BCUT2D eigenvalue weighted by Gasteiger charge is 2.12. The lowest BCUT2D eigenvalue weighted by molar-refractivity contribution is 0.434. The fraction of sp³-hybridized carbons (Fsp3) is 0.250. The van der Waals surface area contributed by atoms with E-state index in [1.807, 2.05) is 18.2 Å². The van der Waals surface area contributed by atoms with Crippen molar-refractivity contribution in [2.24, 2.45) is 5.73 Å². The molecule has 0 aromatic heterocycles. The van der Waals surface area contributed by atoms with Crippen LogP contribution in [0.4, 0.5) is 4.39 Å². The van der Waals surface area contributed by atoms with Crippen LogP contribution in [0.3, 0.4) is 0 Å². The van der Waals surface area contributed by atoms with Crippen molar-refractivity contribution >= 4 is 11.8 Å². The number of hydrogen-bond donors (Lipinski definition) is 1. The first kappa shape index (κ1) is 14.9. The van der Waals surface area contributed by atoms with Crippen LogP contribution in [0.1, 0.15) is 18.1 Å². The van der Waals surface area contributed by atoms with Crippen molar-refractivity contribution in [3.8, 4) is 11.5 Å². The quantitative estimate of drug-likeness (QED) is 0.824. The second-order valence-electron chi connectivity index (χ2n) is 4.36. The van der Waals surface area contributed by atoms with E-state index in [4.69, 9.17) is 10.5 Å². The van der Waals surface area contributed by atoms with Crippen LogP contribution in [0.2, 0.25) is 0 Å². The van der Waals surface area contributed by atoms with Gasteiger partial charge in [-0.15, -0.1) is 11.8 Å². The van der Waals surface area contributed by atoms with Gasteiger partial charge in [0.1, 0.15) is 5.75 Å². The SMILES string of the molecule is CCSc1cccc(Oc2cccc(C)c2F)c1CN. The predicted molar refractivity (Wildman–Crippen MR) is 81.9 cm³/mol. The topological polar surface area (TPSA) is 35.2 Å². The molecular weight excluding hydrogens is 273 g/mol. The van der Waals surface area contributed by atoms with Gasteiger partial charge in [-0.25, -0.2) is 4.39 Å². The summed E-state index contributed by atoms with van der Waals surface area (Å²) in [6.07, 6.45) is 0. The molecular formula is C16H18FNOS. The molecule has 2 aromatic carbocycles. The van der Waals surface area contributed by atoms with Gasteiger partial charge < -0.3 is 10.5 Å². The van der Waals surface area contributed by atoms with Crippen LogP contribution in [0.15, 0.2) is 41.3 Å². The van der Waals surface area contributed by atoms with E-state index in [1.54, 1.807) is 36.9 Å². The maximum Gasteiger partial charge on any atom is 0.168 e. The Kier molecular flexibility index (Phi) is 5.04. The third-order valence-corrected chi connectivity index (χ3v) is 3.95. The second kappa shape index (κ2) is 6.77. The Bertz CT molecular complexity index is 601. The Morgan fingerprint density at radius 3 is 2.55 bits per heavy atom. The number of halogens is 1. The molecule has 0 atom stereocenters. The average Bonchev–Trinajstić information content (AvgIpc) is 2.44. The molecule has 2 nitrogen and oxygen atoms in total. The van der Waals surface area contributed by atoms with E-state index in [9.17, 15) is 4.39 Å². The van der Waals surface area contributed by atoms with E-state index < -0.39 is 0 Å². The van der Waals surface area contributed by atoms with Gasteiger partial charge in [0.05, 0.1) is 0 Å². The minimum atomic E-state index is -0.330. The second-order valence-corrected chi connectivity index (χ2v) is 5.66. The molecule has 0 amide bonds. The molecule has 0 heterocycles. The van der Waals surface area contributed by atoms with Crippen LogP contribution >= 0.6 is 11.8 Å². The molecule has 2 rings (SSSR count). The van der Waals surface area contributed by atoms with Crippen molar-refractivity contribution in [2.75, 3.05) is 5.75 Å². The van der Waals surface area contributed by atoms with E-state index in [0.717, 1.165) is 16.2 Å². The molecule has 20 heavy (non-hydrogen) atoms. The van der Waals surface area contributed by atoms with Crippen molar-refractivity contribution in [3.63, 3.8) is 0 Å². The van der Waals surface area contributed by atoms with Gasteiger partial charge in [-0.2, -0.15) is 0 Å². The van der Waals surface area contributed by atoms with Crippen molar-refractivity contribution in [1.82, 2.24) is 0 Å². The fourth-order valence-corrected chi connectivity index (χ4v) is 2.79. The average molecular weight is 291 g/mol. The monoisotopic (exact) mass is 291 g/mol. The number of hydrogen-bond acceptors (Lipinski definition) is 3. The smallest absolute Gasteiger partial charge is 0.168 e. The first-order valence-electron chi connectivity index (χ1n) is 6.55. The first-order chi connectivity index (χ1) is 9.67. The summed E-state index contributed by atoms with van der Waals surface area (Å²) in [6, 6.07) is 10.9. The summed E-state index contributed by atoms with van der Waals surface area (Å²) in [5.74, 6) is 1.48. The summed E-state index contributed by atoms with van der Waals surface area (Å²) in [6.45, 7) is 4.17. The lowest BCUT2D eigenvalue weighted by Crippen LogP contribution is -2.02.